The summed E-state index contributed by atoms with van der Waals surface area (Å²) in [6.45, 7) is 0. The van der Waals surface area contributed by atoms with Crippen LogP contribution < -0.4 is 4.90 Å². The summed E-state index contributed by atoms with van der Waals surface area (Å²) in [5.74, 6) is -1.45. The first kappa shape index (κ1) is 16.7. The minimum absolute atomic E-state index is 0.279. The van der Waals surface area contributed by atoms with Crippen LogP contribution in [0.25, 0.3) is 0 Å². The van der Waals surface area contributed by atoms with E-state index in [0.717, 1.165) is 10.7 Å². The van der Waals surface area contributed by atoms with E-state index in [1.165, 1.54) is 4.90 Å². The van der Waals surface area contributed by atoms with Gasteiger partial charge in [-0.25, -0.2) is 8.42 Å². The normalized spacial score (nSPS) is 18.3. The number of carbonyl (C=O) groups is 1. The lowest BCUT2D eigenvalue weighted by atomic mass is 10.1. The number of aliphatic hydroxyl groups excluding tert-OH is 1. The van der Waals surface area contributed by atoms with Crippen molar-refractivity contribution in [3.05, 3.63) is 75.3 Å². The summed E-state index contributed by atoms with van der Waals surface area (Å²) in [5.41, 5.74) is 1.11. The zero-order valence-electron chi connectivity index (χ0n) is 12.7. The summed E-state index contributed by atoms with van der Waals surface area (Å²) in [5, 5.41) is 10.2. The molecule has 1 heterocycles. The number of hydrogen-bond donors (Lipinski definition) is 1. The maximum Gasteiger partial charge on any atom is 0.295 e. The van der Waals surface area contributed by atoms with Crippen LogP contribution in [0.3, 0.4) is 0 Å². The molecule has 1 amide bonds. The van der Waals surface area contributed by atoms with Crippen LogP contribution in [0.4, 0.5) is 5.69 Å². The Hall–Kier alpha value is -2.12. The standard InChI is InChI=1S/C17H14BrNO4S/c1-24(22,23)16-14(11-7-9-12(18)10-8-11)19(17(21)15(16)20)13-5-3-2-4-6-13/h2-10,14,20H,1H3. The summed E-state index contributed by atoms with van der Waals surface area (Å²) < 4.78 is 25.3. The quantitative estimate of drug-likeness (QED) is 0.846. The van der Waals surface area contributed by atoms with Crippen molar-refractivity contribution in [2.75, 3.05) is 11.2 Å². The zero-order valence-corrected chi connectivity index (χ0v) is 15.1. The molecule has 1 N–H and O–H groups in total. The highest BCUT2D eigenvalue weighted by molar-refractivity contribution is 9.10. The Kier molecular flexibility index (Phi) is 4.23. The second-order valence-corrected chi connectivity index (χ2v) is 8.35. The Morgan fingerprint density at radius 1 is 1.04 bits per heavy atom. The number of anilines is 1. The average molecular weight is 408 g/mol. The van der Waals surface area contributed by atoms with Gasteiger partial charge in [0.1, 0.15) is 10.9 Å². The molecule has 1 unspecified atom stereocenters. The van der Waals surface area contributed by atoms with E-state index in [1.54, 1.807) is 54.6 Å². The van der Waals surface area contributed by atoms with Crippen molar-refractivity contribution < 1.29 is 18.3 Å². The molecular weight excluding hydrogens is 394 g/mol. The molecule has 0 saturated carbocycles. The van der Waals surface area contributed by atoms with Gasteiger partial charge in [-0.1, -0.05) is 46.3 Å². The first-order valence-electron chi connectivity index (χ1n) is 7.08. The lowest BCUT2D eigenvalue weighted by Crippen LogP contribution is -2.30. The lowest BCUT2D eigenvalue weighted by Gasteiger charge is -2.26. The Morgan fingerprint density at radius 2 is 1.62 bits per heavy atom. The van der Waals surface area contributed by atoms with E-state index >= 15 is 0 Å². The molecule has 7 heteroatoms. The van der Waals surface area contributed by atoms with E-state index in [2.05, 4.69) is 15.9 Å². The number of benzene rings is 2. The third kappa shape index (κ3) is 2.85. The summed E-state index contributed by atoms with van der Waals surface area (Å²) >= 11 is 3.33. The fourth-order valence-corrected chi connectivity index (χ4v) is 4.11. The monoisotopic (exact) mass is 407 g/mol. The summed E-state index contributed by atoms with van der Waals surface area (Å²) in [6.07, 6.45) is 0.992. The minimum Gasteiger partial charge on any atom is -0.502 e. The van der Waals surface area contributed by atoms with Crippen LogP contribution in [0.15, 0.2) is 69.7 Å². The highest BCUT2D eigenvalue weighted by atomic mass is 79.9. The van der Waals surface area contributed by atoms with Gasteiger partial charge in [-0.15, -0.1) is 0 Å². The fraction of sp³-hybridized carbons (Fsp3) is 0.118. The van der Waals surface area contributed by atoms with Crippen LogP contribution in [0, 0.1) is 0 Å². The van der Waals surface area contributed by atoms with Crippen LogP contribution in [-0.2, 0) is 14.6 Å². The molecule has 124 valence electrons. The third-order valence-electron chi connectivity index (χ3n) is 3.78. The lowest BCUT2D eigenvalue weighted by molar-refractivity contribution is -0.117. The number of halogens is 1. The van der Waals surface area contributed by atoms with Crippen LogP contribution in [0.1, 0.15) is 11.6 Å². The van der Waals surface area contributed by atoms with E-state index in [9.17, 15) is 18.3 Å². The number of carbonyl (C=O) groups excluding carboxylic acids is 1. The van der Waals surface area contributed by atoms with Crippen molar-refractivity contribution in [3.8, 4) is 0 Å². The second kappa shape index (κ2) is 6.07. The molecule has 0 aliphatic carbocycles. The van der Waals surface area contributed by atoms with Crippen molar-refractivity contribution >= 4 is 37.4 Å². The molecule has 1 aliphatic rings. The van der Waals surface area contributed by atoms with Crippen molar-refractivity contribution in [2.24, 2.45) is 0 Å². The second-order valence-electron chi connectivity index (χ2n) is 5.45. The van der Waals surface area contributed by atoms with Gasteiger partial charge >= 0.3 is 0 Å². The van der Waals surface area contributed by atoms with Crippen molar-refractivity contribution in [2.45, 2.75) is 6.04 Å². The molecule has 0 saturated heterocycles. The number of nitrogens with zero attached hydrogens (tertiary/aromatic N) is 1. The van der Waals surface area contributed by atoms with E-state index in [0.29, 0.717) is 11.3 Å². The van der Waals surface area contributed by atoms with E-state index < -0.39 is 27.5 Å². The highest BCUT2D eigenvalue weighted by Crippen LogP contribution is 2.42. The molecule has 5 nitrogen and oxygen atoms in total. The van der Waals surface area contributed by atoms with E-state index in [1.807, 2.05) is 0 Å². The molecule has 0 fully saturated rings. The summed E-state index contributed by atoms with van der Waals surface area (Å²) in [7, 11) is -3.78. The average Bonchev–Trinajstić information content (AvgIpc) is 2.81. The smallest absolute Gasteiger partial charge is 0.295 e. The molecule has 0 radical (unpaired) electrons. The molecule has 0 aromatic heterocycles. The largest absolute Gasteiger partial charge is 0.502 e. The minimum atomic E-state index is -3.78. The molecule has 1 aliphatic heterocycles. The van der Waals surface area contributed by atoms with Crippen LogP contribution in [-0.4, -0.2) is 25.7 Å². The van der Waals surface area contributed by atoms with Crippen LogP contribution in [0.5, 0.6) is 0 Å². The SMILES string of the molecule is CS(=O)(=O)C1=C(O)C(=O)N(c2ccccc2)C1c1ccc(Br)cc1. The number of sulfone groups is 1. The molecular formula is C17H14BrNO4S. The van der Waals surface area contributed by atoms with Gasteiger partial charge in [0.25, 0.3) is 5.91 Å². The Morgan fingerprint density at radius 3 is 2.17 bits per heavy atom. The van der Waals surface area contributed by atoms with Crippen molar-refractivity contribution in [1.29, 1.82) is 0 Å². The molecule has 24 heavy (non-hydrogen) atoms. The van der Waals surface area contributed by atoms with Crippen molar-refractivity contribution in [3.63, 3.8) is 0 Å². The van der Waals surface area contributed by atoms with Gasteiger partial charge in [0.2, 0.25) is 0 Å². The van der Waals surface area contributed by atoms with E-state index in [4.69, 9.17) is 0 Å². The summed E-state index contributed by atoms with van der Waals surface area (Å²) in [4.78, 5) is 13.6. The topological polar surface area (TPSA) is 74.7 Å². The van der Waals surface area contributed by atoms with Gasteiger partial charge in [0.15, 0.2) is 15.6 Å². The molecule has 2 aromatic carbocycles. The third-order valence-corrected chi connectivity index (χ3v) is 5.53. The maximum atomic E-state index is 12.6. The predicted molar refractivity (Wildman–Crippen MR) is 95.3 cm³/mol. The first-order chi connectivity index (χ1) is 11.3. The van der Waals surface area contributed by atoms with Crippen molar-refractivity contribution in [1.82, 2.24) is 0 Å². The van der Waals surface area contributed by atoms with Gasteiger partial charge in [0.05, 0.1) is 0 Å². The first-order valence-corrected chi connectivity index (χ1v) is 9.76. The molecule has 3 rings (SSSR count). The van der Waals surface area contributed by atoms with Gasteiger partial charge < -0.3 is 5.11 Å². The number of rotatable bonds is 3. The highest BCUT2D eigenvalue weighted by Gasteiger charge is 2.45. The molecule has 1 atom stereocenters. The summed E-state index contributed by atoms with van der Waals surface area (Å²) in [6, 6.07) is 14.8. The predicted octanol–water partition coefficient (Wildman–Crippen LogP) is 3.35. The Bertz CT molecular complexity index is 921. The fourth-order valence-electron chi connectivity index (χ4n) is 2.76. The van der Waals surface area contributed by atoms with E-state index in [-0.39, 0.29) is 4.91 Å². The zero-order chi connectivity index (χ0) is 17.5. The van der Waals surface area contributed by atoms with Gasteiger partial charge in [-0.05, 0) is 29.8 Å². The van der Waals surface area contributed by atoms with Gasteiger partial charge in [0, 0.05) is 16.4 Å². The number of aliphatic hydroxyl groups is 1. The Labute approximate surface area is 148 Å². The maximum absolute atomic E-state index is 12.6. The number of hydrogen-bond acceptors (Lipinski definition) is 4. The van der Waals surface area contributed by atoms with Gasteiger partial charge in [-0.3, -0.25) is 9.69 Å². The van der Waals surface area contributed by atoms with Crippen LogP contribution >= 0.6 is 15.9 Å². The van der Waals surface area contributed by atoms with Crippen LogP contribution in [0.2, 0.25) is 0 Å². The van der Waals surface area contributed by atoms with Gasteiger partial charge in [-0.2, -0.15) is 0 Å². The molecule has 0 bridgehead atoms. The molecule has 2 aromatic rings. The number of para-hydroxylation sites is 1. The Balaban J connectivity index is 2.23. The molecule has 0 spiro atoms. The number of amides is 1.